The first-order valence-corrected chi connectivity index (χ1v) is 6.44. The van der Waals surface area contributed by atoms with Crippen molar-refractivity contribution in [1.29, 1.82) is 0 Å². The van der Waals surface area contributed by atoms with Gasteiger partial charge in [0.15, 0.2) is 5.75 Å². The minimum absolute atomic E-state index is 0.397. The van der Waals surface area contributed by atoms with Gasteiger partial charge in [-0.25, -0.2) is 4.79 Å². The second-order valence-electron chi connectivity index (χ2n) is 2.64. The Hall–Kier alpha value is -2.10. The molecule has 0 amide bonds. The van der Waals surface area contributed by atoms with Crippen LogP contribution in [-0.4, -0.2) is 9.97 Å². The number of hydrogen-bond acceptors (Lipinski definition) is 3. The van der Waals surface area contributed by atoms with Gasteiger partial charge in [-0.3, -0.25) is 0 Å². The highest BCUT2D eigenvalue weighted by molar-refractivity contribution is 5.22. The van der Waals surface area contributed by atoms with Gasteiger partial charge in [-0.15, -0.1) is 0 Å². The van der Waals surface area contributed by atoms with Gasteiger partial charge in [0.25, 0.3) is 0 Å². The van der Waals surface area contributed by atoms with Crippen molar-refractivity contribution >= 4 is 0 Å². The zero-order valence-electron chi connectivity index (χ0n) is 12.4. The molecule has 106 valence electrons. The zero-order valence-corrected chi connectivity index (χ0v) is 12.4. The van der Waals surface area contributed by atoms with Gasteiger partial charge in [0, 0.05) is 0 Å². The van der Waals surface area contributed by atoms with Gasteiger partial charge in [0.2, 0.25) is 0 Å². The molecule has 0 bridgehead atoms. The fraction of sp³-hybridized carbons (Fsp3) is 0.333. The first-order chi connectivity index (χ1) is 9.26. The average Bonchev–Trinajstić information content (AvgIpc) is 2.49. The summed E-state index contributed by atoms with van der Waals surface area (Å²) >= 11 is 0. The average molecular weight is 264 g/mol. The van der Waals surface area contributed by atoms with E-state index in [2.05, 4.69) is 16.5 Å². The molecule has 0 saturated carbocycles. The molecule has 1 N–H and O–H groups in total. The third-order valence-corrected chi connectivity index (χ3v) is 1.56. The zero-order chi connectivity index (χ0) is 15.1. The van der Waals surface area contributed by atoms with Crippen molar-refractivity contribution in [3.05, 3.63) is 59.5 Å². The standard InChI is InChI=1S/C11H12N2O2.2C2H6/c1-3-5-6-9(4-2)15-10-7-12-11(14)13-8-10;2*1-2/h3-8H,1H2,2H3,(H,12,13,14);2*1-2H3/b6-5-,9-4+;;. The Morgan fingerprint density at radius 3 is 2.42 bits per heavy atom. The van der Waals surface area contributed by atoms with Crippen molar-refractivity contribution in [2.24, 2.45) is 0 Å². The molecular weight excluding hydrogens is 240 g/mol. The van der Waals surface area contributed by atoms with Crippen LogP contribution in [0.25, 0.3) is 0 Å². The SMILES string of the molecule is C=C/C=C\C(=C/C)Oc1cnc(=O)[nH]c1.CC.CC. The van der Waals surface area contributed by atoms with Crippen LogP contribution in [0.4, 0.5) is 0 Å². The van der Waals surface area contributed by atoms with Gasteiger partial charge in [-0.05, 0) is 19.1 Å². The topological polar surface area (TPSA) is 55.0 Å². The number of aromatic nitrogens is 2. The number of H-pyrrole nitrogens is 1. The van der Waals surface area contributed by atoms with Crippen LogP contribution in [0.3, 0.4) is 0 Å². The number of ether oxygens (including phenoxy) is 1. The van der Waals surface area contributed by atoms with E-state index in [9.17, 15) is 4.79 Å². The molecule has 0 saturated heterocycles. The number of nitrogens with one attached hydrogen (secondary N) is 1. The Bertz CT molecular complexity index is 425. The van der Waals surface area contributed by atoms with Crippen molar-refractivity contribution in [3.8, 4) is 5.75 Å². The maximum absolute atomic E-state index is 10.7. The second kappa shape index (κ2) is 14.0. The van der Waals surface area contributed by atoms with Gasteiger partial charge in [0.05, 0.1) is 12.4 Å². The van der Waals surface area contributed by atoms with E-state index in [1.165, 1.54) is 12.4 Å². The fourth-order valence-electron chi connectivity index (χ4n) is 0.874. The van der Waals surface area contributed by atoms with Crippen LogP contribution < -0.4 is 10.4 Å². The normalized spacial score (nSPS) is 9.84. The Morgan fingerprint density at radius 2 is 2.00 bits per heavy atom. The maximum Gasteiger partial charge on any atom is 0.345 e. The Kier molecular flexibility index (Phi) is 14.1. The van der Waals surface area contributed by atoms with E-state index in [1.54, 1.807) is 24.3 Å². The van der Waals surface area contributed by atoms with E-state index in [1.807, 2.05) is 34.6 Å². The quantitative estimate of drug-likeness (QED) is 0.664. The summed E-state index contributed by atoms with van der Waals surface area (Å²) in [5.41, 5.74) is -0.397. The van der Waals surface area contributed by atoms with E-state index < -0.39 is 5.69 Å². The summed E-state index contributed by atoms with van der Waals surface area (Å²) < 4.78 is 5.41. The summed E-state index contributed by atoms with van der Waals surface area (Å²) in [7, 11) is 0. The molecule has 0 aliphatic rings. The Labute approximate surface area is 115 Å². The summed E-state index contributed by atoms with van der Waals surface area (Å²) in [4.78, 5) is 16.6. The highest BCUT2D eigenvalue weighted by Crippen LogP contribution is 2.09. The molecule has 4 nitrogen and oxygen atoms in total. The maximum atomic E-state index is 10.7. The van der Waals surface area contributed by atoms with Crippen LogP contribution in [0.1, 0.15) is 34.6 Å². The van der Waals surface area contributed by atoms with Crippen molar-refractivity contribution in [2.45, 2.75) is 34.6 Å². The lowest BCUT2D eigenvalue weighted by Crippen LogP contribution is -2.08. The minimum atomic E-state index is -0.397. The molecule has 19 heavy (non-hydrogen) atoms. The van der Waals surface area contributed by atoms with Gasteiger partial charge >= 0.3 is 5.69 Å². The molecule has 0 atom stereocenters. The number of rotatable bonds is 4. The number of nitrogens with zero attached hydrogens (tertiary/aromatic N) is 1. The van der Waals surface area contributed by atoms with Crippen molar-refractivity contribution < 1.29 is 4.74 Å². The lowest BCUT2D eigenvalue weighted by molar-refractivity contribution is 0.438. The molecule has 1 aromatic rings. The third kappa shape index (κ3) is 9.59. The molecule has 1 aromatic heterocycles. The van der Waals surface area contributed by atoms with E-state index in [4.69, 9.17) is 4.74 Å². The van der Waals surface area contributed by atoms with Crippen LogP contribution in [0.5, 0.6) is 5.75 Å². The molecule has 0 spiro atoms. The van der Waals surface area contributed by atoms with E-state index in [0.29, 0.717) is 11.5 Å². The largest absolute Gasteiger partial charge is 0.455 e. The molecular formula is C15H24N2O2. The number of hydrogen-bond donors (Lipinski definition) is 1. The monoisotopic (exact) mass is 264 g/mol. The first-order valence-electron chi connectivity index (χ1n) is 6.44. The van der Waals surface area contributed by atoms with Crippen molar-refractivity contribution in [1.82, 2.24) is 9.97 Å². The lowest BCUT2D eigenvalue weighted by atomic mass is 10.4. The van der Waals surface area contributed by atoms with Crippen LogP contribution in [0.2, 0.25) is 0 Å². The predicted molar refractivity (Wildman–Crippen MR) is 81.3 cm³/mol. The van der Waals surface area contributed by atoms with Crippen LogP contribution in [0.15, 0.2) is 53.8 Å². The van der Waals surface area contributed by atoms with E-state index in [-0.39, 0.29) is 0 Å². The minimum Gasteiger partial charge on any atom is -0.455 e. The smallest absolute Gasteiger partial charge is 0.345 e. The van der Waals surface area contributed by atoms with E-state index >= 15 is 0 Å². The van der Waals surface area contributed by atoms with Gasteiger partial charge in [-0.1, -0.05) is 46.4 Å². The molecule has 0 fully saturated rings. The van der Waals surface area contributed by atoms with Crippen LogP contribution >= 0.6 is 0 Å². The molecule has 1 rings (SSSR count). The van der Waals surface area contributed by atoms with E-state index in [0.717, 1.165) is 0 Å². The summed E-state index contributed by atoms with van der Waals surface area (Å²) in [5, 5.41) is 0. The molecule has 0 radical (unpaired) electrons. The third-order valence-electron chi connectivity index (χ3n) is 1.56. The molecule has 0 aliphatic heterocycles. The van der Waals surface area contributed by atoms with Gasteiger partial charge < -0.3 is 9.72 Å². The summed E-state index contributed by atoms with van der Waals surface area (Å²) in [6.45, 7) is 13.4. The number of allylic oxidation sites excluding steroid dienone is 4. The molecule has 4 heteroatoms. The number of aromatic amines is 1. The van der Waals surface area contributed by atoms with Gasteiger partial charge in [-0.2, -0.15) is 4.98 Å². The molecule has 0 unspecified atom stereocenters. The molecule has 0 aliphatic carbocycles. The second-order valence-corrected chi connectivity index (χ2v) is 2.64. The lowest BCUT2D eigenvalue weighted by Gasteiger charge is -2.03. The predicted octanol–water partition coefficient (Wildman–Crippen LogP) is 3.85. The highest BCUT2D eigenvalue weighted by atomic mass is 16.5. The van der Waals surface area contributed by atoms with Gasteiger partial charge in [0.1, 0.15) is 5.76 Å². The van der Waals surface area contributed by atoms with Crippen molar-refractivity contribution in [2.75, 3.05) is 0 Å². The van der Waals surface area contributed by atoms with Crippen molar-refractivity contribution in [3.63, 3.8) is 0 Å². The van der Waals surface area contributed by atoms with Crippen LogP contribution in [0, 0.1) is 0 Å². The fourth-order valence-corrected chi connectivity index (χ4v) is 0.874. The Balaban J connectivity index is 0. The molecule has 1 heterocycles. The summed E-state index contributed by atoms with van der Waals surface area (Å²) in [5.74, 6) is 1.14. The molecule has 0 aromatic carbocycles. The Morgan fingerprint density at radius 1 is 1.37 bits per heavy atom. The summed E-state index contributed by atoms with van der Waals surface area (Å²) in [6.07, 6.45) is 9.79. The van der Waals surface area contributed by atoms with Crippen LogP contribution in [-0.2, 0) is 0 Å². The first kappa shape index (κ1) is 19.2. The highest BCUT2D eigenvalue weighted by Gasteiger charge is 1.96. The summed E-state index contributed by atoms with van der Waals surface area (Å²) in [6, 6.07) is 0.